The van der Waals surface area contributed by atoms with E-state index < -0.39 is 11.9 Å². The molecule has 0 aliphatic heterocycles. The Morgan fingerprint density at radius 2 is 1.92 bits per heavy atom. The third-order valence-electron chi connectivity index (χ3n) is 0.956. The molecule has 0 atom stereocenters. The second-order valence-electron chi connectivity index (χ2n) is 1.95. The molecular weight excluding hydrogens is 160 g/mol. The first kappa shape index (κ1) is 10.7. The summed E-state index contributed by atoms with van der Waals surface area (Å²) in [6, 6.07) is 0. The normalized spacial score (nSPS) is 8.75. The van der Waals surface area contributed by atoms with Crippen LogP contribution in [0.4, 0.5) is 0 Å². The van der Waals surface area contributed by atoms with Crippen LogP contribution in [0.3, 0.4) is 0 Å². The zero-order valence-corrected chi connectivity index (χ0v) is 7.04. The van der Waals surface area contributed by atoms with Crippen LogP contribution in [0.2, 0.25) is 0 Å². The topological polar surface area (TPSA) is 52.6 Å². The van der Waals surface area contributed by atoms with E-state index in [2.05, 4.69) is 16.1 Å². The molecule has 0 rings (SSSR count). The predicted octanol–water partition coefficient (Wildman–Crippen LogP) is 0.669. The van der Waals surface area contributed by atoms with Crippen molar-refractivity contribution in [3.63, 3.8) is 0 Å². The van der Waals surface area contributed by atoms with Gasteiger partial charge in [-0.2, -0.15) is 0 Å². The van der Waals surface area contributed by atoms with Crippen molar-refractivity contribution in [2.45, 2.75) is 13.3 Å². The minimum Gasteiger partial charge on any atom is -0.466 e. The van der Waals surface area contributed by atoms with E-state index in [9.17, 15) is 9.59 Å². The first-order valence-electron chi connectivity index (χ1n) is 3.62. The number of carbonyl (C=O) groups excluding carboxylic acids is 2. The SMILES string of the molecule is C=CCOC(=O)CC(=O)OCC. The van der Waals surface area contributed by atoms with Gasteiger partial charge in [0, 0.05) is 0 Å². The minimum absolute atomic E-state index is 0.123. The Morgan fingerprint density at radius 1 is 1.33 bits per heavy atom. The molecule has 0 fully saturated rings. The maximum Gasteiger partial charge on any atom is 0.317 e. The van der Waals surface area contributed by atoms with E-state index in [4.69, 9.17) is 0 Å². The Kier molecular flexibility index (Phi) is 5.69. The molecule has 0 radical (unpaired) electrons. The van der Waals surface area contributed by atoms with Crippen molar-refractivity contribution in [3.8, 4) is 0 Å². The quantitative estimate of drug-likeness (QED) is 0.347. The van der Waals surface area contributed by atoms with Crippen LogP contribution in [-0.4, -0.2) is 25.2 Å². The van der Waals surface area contributed by atoms with Gasteiger partial charge in [0.15, 0.2) is 0 Å². The van der Waals surface area contributed by atoms with E-state index in [1.165, 1.54) is 6.08 Å². The van der Waals surface area contributed by atoms with Crippen LogP contribution in [0.25, 0.3) is 0 Å². The largest absolute Gasteiger partial charge is 0.466 e. The molecule has 0 aromatic heterocycles. The first-order valence-corrected chi connectivity index (χ1v) is 3.62. The third-order valence-corrected chi connectivity index (χ3v) is 0.956. The van der Waals surface area contributed by atoms with Crippen LogP contribution in [0.1, 0.15) is 13.3 Å². The predicted molar refractivity (Wildman–Crippen MR) is 42.4 cm³/mol. The molecule has 0 unspecified atom stereocenters. The second-order valence-corrected chi connectivity index (χ2v) is 1.95. The van der Waals surface area contributed by atoms with Gasteiger partial charge in [0.2, 0.25) is 0 Å². The summed E-state index contributed by atoms with van der Waals surface area (Å²) in [4.78, 5) is 21.4. The number of carbonyl (C=O) groups is 2. The molecule has 0 saturated carbocycles. The van der Waals surface area contributed by atoms with E-state index in [1.54, 1.807) is 6.92 Å². The van der Waals surface area contributed by atoms with Crippen molar-refractivity contribution in [3.05, 3.63) is 12.7 Å². The average Bonchev–Trinajstić information content (AvgIpc) is 2.01. The summed E-state index contributed by atoms with van der Waals surface area (Å²) in [6.07, 6.45) is 1.10. The molecule has 0 heterocycles. The Balaban J connectivity index is 3.54. The maximum absolute atomic E-state index is 10.7. The highest BCUT2D eigenvalue weighted by atomic mass is 16.5. The van der Waals surface area contributed by atoms with E-state index in [0.29, 0.717) is 0 Å². The minimum atomic E-state index is -0.589. The smallest absolute Gasteiger partial charge is 0.317 e. The van der Waals surface area contributed by atoms with Crippen molar-refractivity contribution in [2.75, 3.05) is 13.2 Å². The van der Waals surface area contributed by atoms with Gasteiger partial charge in [-0.15, -0.1) is 0 Å². The number of ether oxygens (including phenoxy) is 2. The van der Waals surface area contributed by atoms with E-state index >= 15 is 0 Å². The fourth-order valence-corrected chi connectivity index (χ4v) is 0.533. The van der Waals surface area contributed by atoms with Gasteiger partial charge in [0.05, 0.1) is 6.61 Å². The highest BCUT2D eigenvalue weighted by Crippen LogP contribution is 1.90. The summed E-state index contributed by atoms with van der Waals surface area (Å²) in [5, 5.41) is 0. The van der Waals surface area contributed by atoms with Crippen LogP contribution >= 0.6 is 0 Å². The van der Waals surface area contributed by atoms with Gasteiger partial charge in [-0.1, -0.05) is 12.7 Å². The Labute approximate surface area is 71.2 Å². The average molecular weight is 172 g/mol. The van der Waals surface area contributed by atoms with Gasteiger partial charge >= 0.3 is 11.9 Å². The summed E-state index contributed by atoms with van der Waals surface area (Å²) in [5.74, 6) is -1.15. The van der Waals surface area contributed by atoms with Crippen molar-refractivity contribution < 1.29 is 19.1 Å². The first-order chi connectivity index (χ1) is 5.70. The van der Waals surface area contributed by atoms with Gasteiger partial charge in [0.25, 0.3) is 0 Å². The zero-order chi connectivity index (χ0) is 9.40. The molecule has 0 spiro atoms. The Bertz CT molecular complexity index is 174. The summed E-state index contributed by atoms with van der Waals surface area (Å²) in [6.45, 7) is 5.42. The fraction of sp³-hybridized carbons (Fsp3) is 0.500. The van der Waals surface area contributed by atoms with Gasteiger partial charge in [-0.05, 0) is 6.92 Å². The number of hydrogen-bond acceptors (Lipinski definition) is 4. The summed E-state index contributed by atoms with van der Waals surface area (Å²) in [7, 11) is 0. The molecule has 0 aliphatic rings. The molecule has 0 amide bonds. The van der Waals surface area contributed by atoms with E-state index in [1.807, 2.05) is 0 Å². The van der Waals surface area contributed by atoms with Crippen LogP contribution in [0.15, 0.2) is 12.7 Å². The molecule has 4 nitrogen and oxygen atoms in total. The molecule has 0 aliphatic carbocycles. The molecule has 0 N–H and O–H groups in total. The lowest BCUT2D eigenvalue weighted by Gasteiger charge is -2.01. The highest BCUT2D eigenvalue weighted by molar-refractivity contribution is 5.91. The lowest BCUT2D eigenvalue weighted by Crippen LogP contribution is -2.13. The summed E-state index contributed by atoms with van der Waals surface area (Å²) in [5.41, 5.74) is 0. The lowest BCUT2D eigenvalue weighted by atomic mass is 10.4. The number of rotatable bonds is 5. The number of esters is 2. The van der Waals surface area contributed by atoms with Gasteiger partial charge in [0.1, 0.15) is 13.0 Å². The maximum atomic E-state index is 10.7. The van der Waals surface area contributed by atoms with Crippen LogP contribution in [0.5, 0.6) is 0 Å². The van der Waals surface area contributed by atoms with Crippen molar-refractivity contribution >= 4 is 11.9 Å². The number of hydrogen-bond donors (Lipinski definition) is 0. The van der Waals surface area contributed by atoms with Crippen LogP contribution < -0.4 is 0 Å². The van der Waals surface area contributed by atoms with Crippen molar-refractivity contribution in [1.29, 1.82) is 0 Å². The molecule has 12 heavy (non-hydrogen) atoms. The monoisotopic (exact) mass is 172 g/mol. The Hall–Kier alpha value is -1.32. The van der Waals surface area contributed by atoms with Gasteiger partial charge in [-0.3, -0.25) is 9.59 Å². The molecule has 4 heteroatoms. The standard InChI is InChI=1S/C8H12O4/c1-3-5-12-8(10)6-7(9)11-4-2/h3H,1,4-6H2,2H3. The van der Waals surface area contributed by atoms with E-state index in [0.717, 1.165) is 0 Å². The molecular formula is C8H12O4. The van der Waals surface area contributed by atoms with Gasteiger partial charge in [-0.25, -0.2) is 0 Å². The molecule has 0 aromatic carbocycles. The van der Waals surface area contributed by atoms with Crippen molar-refractivity contribution in [2.24, 2.45) is 0 Å². The van der Waals surface area contributed by atoms with E-state index in [-0.39, 0.29) is 19.6 Å². The Morgan fingerprint density at radius 3 is 2.42 bits per heavy atom. The molecule has 68 valence electrons. The van der Waals surface area contributed by atoms with Gasteiger partial charge < -0.3 is 9.47 Å². The highest BCUT2D eigenvalue weighted by Gasteiger charge is 2.09. The van der Waals surface area contributed by atoms with Crippen LogP contribution in [0, 0.1) is 0 Å². The molecule has 0 aromatic rings. The summed E-state index contributed by atoms with van der Waals surface area (Å²) >= 11 is 0. The van der Waals surface area contributed by atoms with Crippen molar-refractivity contribution in [1.82, 2.24) is 0 Å². The fourth-order valence-electron chi connectivity index (χ4n) is 0.533. The molecule has 0 bridgehead atoms. The second kappa shape index (κ2) is 6.39. The zero-order valence-electron chi connectivity index (χ0n) is 7.04. The molecule has 0 saturated heterocycles. The van der Waals surface area contributed by atoms with Crippen LogP contribution in [-0.2, 0) is 19.1 Å². The lowest BCUT2D eigenvalue weighted by molar-refractivity contribution is -0.153. The summed E-state index contributed by atoms with van der Waals surface area (Å²) < 4.78 is 9.08. The third kappa shape index (κ3) is 5.46.